The van der Waals surface area contributed by atoms with Gasteiger partial charge in [0, 0.05) is 55.5 Å². The molecule has 0 saturated carbocycles. The van der Waals surface area contributed by atoms with E-state index in [-0.39, 0.29) is 28.6 Å². The Labute approximate surface area is 241 Å². The van der Waals surface area contributed by atoms with Gasteiger partial charge >= 0.3 is 62.4 Å². The third-order valence-electron chi connectivity index (χ3n) is 3.47. The van der Waals surface area contributed by atoms with E-state index >= 15 is 0 Å². The van der Waals surface area contributed by atoms with Crippen molar-refractivity contribution in [3.63, 3.8) is 0 Å². The number of amides is 1. The number of thiol groups is 1. The number of β-lactam (4-membered cyclic amide) rings is 1. The minimum Gasteiger partial charge on any atom is -0.460 e. The smallest absolute Gasteiger partial charge is 0.251 e. The Morgan fingerprint density at radius 2 is 2.00 bits per heavy atom. The number of esters is 1. The number of thioether (sulfide) groups is 1. The van der Waals surface area contributed by atoms with Gasteiger partial charge in [-0.2, -0.15) is 0 Å². The Kier molecular flexibility index (Phi) is 18.6. The third-order valence-corrected chi connectivity index (χ3v) is 5.05. The van der Waals surface area contributed by atoms with Crippen molar-refractivity contribution in [2.75, 3.05) is 12.4 Å². The van der Waals surface area contributed by atoms with E-state index in [4.69, 9.17) is 15.6 Å². The molecule has 0 spiro atoms. The number of carboxylic acid groups (broad SMARTS) is 1. The van der Waals surface area contributed by atoms with Gasteiger partial charge in [0.05, 0.1) is 6.26 Å². The second-order valence-electron chi connectivity index (χ2n) is 5.31. The van der Waals surface area contributed by atoms with Crippen molar-refractivity contribution in [3.05, 3.63) is 35.4 Å². The molecular weight excluding hydrogens is 1020 g/mol. The maximum absolute atomic E-state index is 11.6. The fourth-order valence-corrected chi connectivity index (χ4v) is 3.68. The summed E-state index contributed by atoms with van der Waals surface area (Å²) >= 11 is 14.4. The average Bonchev–Trinajstić information content (AvgIpc) is 3.28. The number of hydrogen-bond acceptors (Lipinski definition) is 8. The van der Waals surface area contributed by atoms with Crippen LogP contribution in [0, 0.1) is 0 Å². The summed E-state index contributed by atoms with van der Waals surface area (Å²) in [4.78, 5) is 45.0. The van der Waals surface area contributed by atoms with Gasteiger partial charge in [0.25, 0.3) is 5.12 Å². The van der Waals surface area contributed by atoms with Gasteiger partial charge in [0.1, 0.15) is 23.7 Å². The van der Waals surface area contributed by atoms with E-state index < -0.39 is 23.9 Å². The zero-order valence-corrected chi connectivity index (χ0v) is 28.0. The summed E-state index contributed by atoms with van der Waals surface area (Å²) in [6.45, 7) is 1.13. The van der Waals surface area contributed by atoms with Crippen LogP contribution in [0.5, 0.6) is 0 Å². The third kappa shape index (κ3) is 10.7. The first kappa shape index (κ1) is 32.4. The Morgan fingerprint density at radius 3 is 2.39 bits per heavy atom. The van der Waals surface area contributed by atoms with Crippen molar-refractivity contribution < 1.29 is 46.7 Å². The van der Waals surface area contributed by atoms with Crippen LogP contribution in [0.25, 0.3) is 0 Å². The number of rotatable bonds is 4. The van der Waals surface area contributed by atoms with Crippen molar-refractivity contribution in [1.29, 1.82) is 0 Å². The molecule has 3 rings (SSSR count). The number of carbonyl (C=O) groups is 4. The molecule has 0 aromatic carbocycles. The van der Waals surface area contributed by atoms with Crippen molar-refractivity contribution in [2.45, 2.75) is 18.3 Å². The molecule has 1 fully saturated rings. The Hall–Kier alpha value is 1.41. The van der Waals surface area contributed by atoms with Crippen molar-refractivity contribution >= 4 is 122 Å². The van der Waals surface area contributed by atoms with Gasteiger partial charge in [-0.15, -0.1) is 11.8 Å². The van der Waals surface area contributed by atoms with Crippen LogP contribution in [-0.2, 0) is 19.1 Å². The molecule has 16 heteroatoms. The number of furan rings is 1. The van der Waals surface area contributed by atoms with E-state index in [1.165, 1.54) is 29.8 Å². The van der Waals surface area contributed by atoms with Gasteiger partial charge < -0.3 is 20.0 Å². The minimum absolute atomic E-state index is 0.105. The summed E-state index contributed by atoms with van der Waals surface area (Å²) in [7, 11) is 0. The summed E-state index contributed by atoms with van der Waals surface area (Å²) < 4.78 is 9.46. The quantitative estimate of drug-likeness (QED) is 0.175. The minimum atomic E-state index is -1.21. The maximum Gasteiger partial charge on any atom is 0.251 e. The van der Waals surface area contributed by atoms with Crippen LogP contribution >= 0.6 is 98.9 Å². The van der Waals surface area contributed by atoms with Crippen LogP contribution in [0.2, 0.25) is 0 Å². The summed E-state index contributed by atoms with van der Waals surface area (Å²) in [5, 5.41) is 8.49. The van der Waals surface area contributed by atoms with Crippen molar-refractivity contribution in [1.82, 2.24) is 4.90 Å². The molecule has 1 aromatic heterocycles. The first-order valence-electron chi connectivity index (χ1n) is 7.72. The Bertz CT molecular complexity index is 795. The normalized spacial score (nSPS) is 18.7. The van der Waals surface area contributed by atoms with E-state index in [1.54, 1.807) is 12.1 Å². The molecule has 2 atom stereocenters. The molecule has 0 bridgehead atoms. The molecule has 3 heterocycles. The van der Waals surface area contributed by atoms with Gasteiger partial charge in [-0.05, 0) is 12.1 Å². The number of hydrogen-bond donors (Lipinski definition) is 3. The van der Waals surface area contributed by atoms with Crippen LogP contribution < -0.4 is 19.0 Å². The van der Waals surface area contributed by atoms with Gasteiger partial charge in [-0.1, -0.05) is 12.6 Å². The van der Waals surface area contributed by atoms with Gasteiger partial charge in [0.2, 0.25) is 5.91 Å². The predicted octanol–water partition coefficient (Wildman–Crippen LogP) is 1.03. The Morgan fingerprint density at radius 1 is 1.42 bits per heavy atom. The van der Waals surface area contributed by atoms with Crippen LogP contribution in [0.3, 0.4) is 0 Å². The average molecular weight is 1030 g/mol. The number of nitrogens with two attached hydrogens (primary N) is 1. The number of ether oxygens (including phenoxy) is 1. The van der Waals surface area contributed by atoms with Crippen molar-refractivity contribution in [3.8, 4) is 0 Å². The SMILES string of the molecule is CC(=O)OCC1=C(C(=O)O)N2C(=O)C(N)C2SC1.II.I[I-]I.O=C(S)c1ccco1. The molecule has 2 unspecified atom stereocenters. The molecule has 1 aromatic rings. The van der Waals surface area contributed by atoms with E-state index in [9.17, 15) is 19.2 Å². The number of fused-ring (bicyclic) bond motifs is 1. The maximum atomic E-state index is 11.6. The summed E-state index contributed by atoms with van der Waals surface area (Å²) in [6, 6.07) is 2.55. The zero-order chi connectivity index (χ0) is 24.1. The number of carbonyl (C=O) groups excluding carboxylic acids is 3. The van der Waals surface area contributed by atoms with Crippen molar-refractivity contribution in [2.24, 2.45) is 5.73 Å². The summed E-state index contributed by atoms with van der Waals surface area (Å²) in [5.74, 6) is -1.44. The molecule has 3 N–H and O–H groups in total. The van der Waals surface area contributed by atoms with E-state index in [1.807, 2.05) is 0 Å². The summed E-state index contributed by atoms with van der Waals surface area (Å²) in [6.07, 6.45) is 1.43. The van der Waals surface area contributed by atoms with Crippen LogP contribution in [0.15, 0.2) is 34.1 Å². The first-order chi connectivity index (χ1) is 14.6. The molecule has 1 amide bonds. The molecule has 0 aliphatic carbocycles. The van der Waals surface area contributed by atoms with E-state index in [0.717, 1.165) is 0 Å². The molecular formula is C15H16I5N2O7S2-. The molecule has 176 valence electrons. The van der Waals surface area contributed by atoms with Crippen LogP contribution in [0.1, 0.15) is 17.5 Å². The largest absolute Gasteiger partial charge is 0.460 e. The van der Waals surface area contributed by atoms with Crippen LogP contribution in [0.4, 0.5) is 0 Å². The molecule has 2 aliphatic heterocycles. The molecule has 2 aliphatic rings. The summed E-state index contributed by atoms with van der Waals surface area (Å²) in [5.41, 5.74) is 5.90. The topological polar surface area (TPSA) is 140 Å². The second-order valence-corrected chi connectivity index (χ2v) is 23.1. The number of nitrogens with zero attached hydrogens (tertiary/aromatic N) is 1. The van der Waals surface area contributed by atoms with Gasteiger partial charge in [0.15, 0.2) is 5.76 Å². The number of aliphatic carboxylic acids is 1. The number of halogens is 5. The standard InChI is InChI=1S/C10H12N2O5S.C5H4O2S.I3.I2/c1-4(13)17-2-5-3-18-9-6(11)8(14)12(9)7(5)10(15)16;6-5(8)4-2-1-3-7-4;1-3-2;1-2/h6,9H,2-3,11H2,1H3,(H,15,16);1-3H,(H,6,8);;/q;;-1;. The van der Waals surface area contributed by atoms with Gasteiger partial charge in [-0.3, -0.25) is 19.3 Å². The molecule has 9 nitrogen and oxygen atoms in total. The van der Waals surface area contributed by atoms with E-state index in [2.05, 4.69) is 91.5 Å². The monoisotopic (exact) mass is 1030 g/mol. The second kappa shape index (κ2) is 17.8. The molecule has 0 radical (unpaired) electrons. The van der Waals surface area contributed by atoms with E-state index in [0.29, 0.717) is 24.6 Å². The molecule has 31 heavy (non-hydrogen) atoms. The van der Waals surface area contributed by atoms with Crippen LogP contribution in [-0.4, -0.2) is 56.7 Å². The Balaban J connectivity index is 0.000000575. The number of carboxylic acids is 1. The fourth-order valence-electron chi connectivity index (χ4n) is 2.28. The molecule has 1 saturated heterocycles. The predicted molar refractivity (Wildman–Crippen MR) is 150 cm³/mol. The van der Waals surface area contributed by atoms with Gasteiger partial charge in [-0.25, -0.2) is 4.79 Å². The first-order valence-corrected chi connectivity index (χ1v) is 28.1. The fraction of sp³-hybridized carbons (Fsp3) is 0.333. The zero-order valence-electron chi connectivity index (χ0n) is 15.5.